The molecule has 6 nitrogen and oxygen atoms in total. The summed E-state index contributed by atoms with van der Waals surface area (Å²) in [5.41, 5.74) is 1.53. The Morgan fingerprint density at radius 3 is 3.08 bits per heavy atom. The molecule has 1 aromatic carbocycles. The smallest absolute Gasteiger partial charge is 0.253 e. The summed E-state index contributed by atoms with van der Waals surface area (Å²) in [7, 11) is 0. The normalized spacial score (nSPS) is 17.7. The standard InChI is InChI=1S/C18H20N4O2S/c23-14-6-5-13(18(24)20-11-3-1-7-19-10-11)16-17(14)22-15(21-16)9-12-4-2-8-25-12/h2,4-6,8,11,19,23H,1,3,7,9-10H2,(H,20,24)(H,21,22)/t11-/m0/s1. The van der Waals surface area contributed by atoms with E-state index >= 15 is 0 Å². The van der Waals surface area contributed by atoms with Crippen LogP contribution < -0.4 is 10.6 Å². The Hall–Kier alpha value is -2.38. The number of hydrogen-bond acceptors (Lipinski definition) is 5. The van der Waals surface area contributed by atoms with Crippen LogP contribution in [0.4, 0.5) is 0 Å². The Labute approximate surface area is 149 Å². The van der Waals surface area contributed by atoms with Gasteiger partial charge in [0.05, 0.1) is 5.56 Å². The molecule has 3 aromatic rings. The van der Waals surface area contributed by atoms with Crippen molar-refractivity contribution < 1.29 is 9.90 Å². The number of thiophene rings is 1. The van der Waals surface area contributed by atoms with Gasteiger partial charge in [0.1, 0.15) is 22.6 Å². The van der Waals surface area contributed by atoms with E-state index in [1.54, 1.807) is 23.5 Å². The topological polar surface area (TPSA) is 90.0 Å². The van der Waals surface area contributed by atoms with Gasteiger partial charge in [-0.25, -0.2) is 4.98 Å². The van der Waals surface area contributed by atoms with Crippen molar-refractivity contribution in [1.29, 1.82) is 0 Å². The maximum absolute atomic E-state index is 12.7. The number of carbonyl (C=O) groups excluding carboxylic acids is 1. The molecular formula is C18H20N4O2S. The highest BCUT2D eigenvalue weighted by atomic mass is 32.1. The Morgan fingerprint density at radius 2 is 2.32 bits per heavy atom. The minimum absolute atomic E-state index is 0.107. The number of H-pyrrole nitrogens is 1. The number of nitrogens with one attached hydrogen (secondary N) is 3. The van der Waals surface area contributed by atoms with E-state index in [2.05, 4.69) is 20.6 Å². The van der Waals surface area contributed by atoms with Crippen molar-refractivity contribution in [2.24, 2.45) is 0 Å². The van der Waals surface area contributed by atoms with E-state index < -0.39 is 0 Å². The largest absolute Gasteiger partial charge is 0.506 e. The van der Waals surface area contributed by atoms with Crippen LogP contribution in [0.25, 0.3) is 11.0 Å². The van der Waals surface area contributed by atoms with E-state index in [1.807, 2.05) is 17.5 Å². The Bertz CT molecular complexity index is 882. The van der Waals surface area contributed by atoms with Crippen LogP contribution in [0, 0.1) is 0 Å². The molecule has 1 aliphatic rings. The van der Waals surface area contributed by atoms with Gasteiger partial charge in [0, 0.05) is 23.9 Å². The molecule has 25 heavy (non-hydrogen) atoms. The third-order valence-electron chi connectivity index (χ3n) is 4.47. The highest BCUT2D eigenvalue weighted by molar-refractivity contribution is 7.09. The van der Waals surface area contributed by atoms with E-state index in [1.165, 1.54) is 4.88 Å². The molecule has 4 rings (SSSR count). The molecular weight excluding hydrogens is 336 g/mol. The van der Waals surface area contributed by atoms with Crippen LogP contribution in [0.3, 0.4) is 0 Å². The molecule has 1 aliphatic heterocycles. The quantitative estimate of drug-likeness (QED) is 0.578. The summed E-state index contributed by atoms with van der Waals surface area (Å²) in [5.74, 6) is 0.705. The lowest BCUT2D eigenvalue weighted by Gasteiger charge is -2.23. The van der Waals surface area contributed by atoms with Crippen LogP contribution in [-0.4, -0.2) is 40.1 Å². The molecule has 7 heteroatoms. The number of phenols is 1. The Morgan fingerprint density at radius 1 is 1.40 bits per heavy atom. The molecule has 1 saturated heterocycles. The monoisotopic (exact) mass is 356 g/mol. The van der Waals surface area contributed by atoms with Gasteiger partial charge in [-0.15, -0.1) is 11.3 Å². The number of benzene rings is 1. The summed E-state index contributed by atoms with van der Waals surface area (Å²) in [4.78, 5) is 21.6. The maximum Gasteiger partial charge on any atom is 0.253 e. The number of hydrogen-bond donors (Lipinski definition) is 4. The van der Waals surface area contributed by atoms with Crippen molar-refractivity contribution in [3.63, 3.8) is 0 Å². The van der Waals surface area contributed by atoms with E-state index in [0.717, 1.165) is 31.8 Å². The number of phenolic OH excluding ortho intramolecular Hbond substituents is 1. The zero-order chi connectivity index (χ0) is 17.2. The fourth-order valence-corrected chi connectivity index (χ4v) is 3.92. The second-order valence-corrected chi connectivity index (χ2v) is 7.34. The predicted octanol–water partition coefficient (Wildman–Crippen LogP) is 2.40. The van der Waals surface area contributed by atoms with Crippen LogP contribution >= 0.6 is 11.3 Å². The number of amides is 1. The predicted molar refractivity (Wildman–Crippen MR) is 98.2 cm³/mol. The maximum atomic E-state index is 12.7. The number of piperidine rings is 1. The summed E-state index contributed by atoms with van der Waals surface area (Å²) < 4.78 is 0. The summed E-state index contributed by atoms with van der Waals surface area (Å²) in [6, 6.07) is 7.36. The highest BCUT2D eigenvalue weighted by Crippen LogP contribution is 2.27. The average molecular weight is 356 g/mol. The van der Waals surface area contributed by atoms with Gasteiger partial charge in [-0.1, -0.05) is 6.07 Å². The molecule has 1 fully saturated rings. The van der Waals surface area contributed by atoms with Crippen LogP contribution in [-0.2, 0) is 6.42 Å². The van der Waals surface area contributed by atoms with Gasteiger partial charge < -0.3 is 20.7 Å². The zero-order valence-corrected chi connectivity index (χ0v) is 14.5. The molecule has 4 N–H and O–H groups in total. The van der Waals surface area contributed by atoms with E-state index in [9.17, 15) is 9.90 Å². The van der Waals surface area contributed by atoms with Crippen molar-refractivity contribution in [3.05, 3.63) is 45.9 Å². The van der Waals surface area contributed by atoms with Crippen molar-refractivity contribution in [3.8, 4) is 5.75 Å². The lowest BCUT2D eigenvalue weighted by Crippen LogP contribution is -2.45. The lowest BCUT2D eigenvalue weighted by atomic mass is 10.1. The fourth-order valence-electron chi connectivity index (χ4n) is 3.21. The van der Waals surface area contributed by atoms with Crippen LogP contribution in [0.15, 0.2) is 29.6 Å². The summed E-state index contributed by atoms with van der Waals surface area (Å²) in [5, 5.41) is 18.5. The minimum atomic E-state index is -0.145. The second-order valence-electron chi connectivity index (χ2n) is 6.31. The fraction of sp³-hybridized carbons (Fsp3) is 0.333. The summed E-state index contributed by atoms with van der Waals surface area (Å²) in [6.07, 6.45) is 2.69. The average Bonchev–Trinajstić information content (AvgIpc) is 3.26. The van der Waals surface area contributed by atoms with Gasteiger partial charge >= 0.3 is 0 Å². The van der Waals surface area contributed by atoms with Gasteiger partial charge in [-0.05, 0) is 43.0 Å². The van der Waals surface area contributed by atoms with Crippen LogP contribution in [0.5, 0.6) is 5.75 Å². The second kappa shape index (κ2) is 6.85. The lowest BCUT2D eigenvalue weighted by molar-refractivity contribution is 0.0932. The van der Waals surface area contributed by atoms with Gasteiger partial charge in [-0.3, -0.25) is 4.79 Å². The first-order valence-electron chi connectivity index (χ1n) is 8.45. The number of aromatic nitrogens is 2. The van der Waals surface area contributed by atoms with E-state index in [-0.39, 0.29) is 17.7 Å². The Balaban J connectivity index is 1.62. The van der Waals surface area contributed by atoms with Gasteiger partial charge in [-0.2, -0.15) is 0 Å². The summed E-state index contributed by atoms with van der Waals surface area (Å²) >= 11 is 1.66. The van der Waals surface area contributed by atoms with Crippen molar-refractivity contribution in [2.75, 3.05) is 13.1 Å². The van der Waals surface area contributed by atoms with Crippen molar-refractivity contribution in [2.45, 2.75) is 25.3 Å². The first kappa shape index (κ1) is 16.1. The molecule has 0 radical (unpaired) electrons. The number of aromatic amines is 1. The van der Waals surface area contributed by atoms with Gasteiger partial charge in [0.25, 0.3) is 5.91 Å². The number of rotatable bonds is 4. The molecule has 0 unspecified atom stereocenters. The first-order valence-corrected chi connectivity index (χ1v) is 9.33. The number of carbonyl (C=O) groups is 1. The third kappa shape index (κ3) is 3.38. The molecule has 1 amide bonds. The molecule has 3 heterocycles. The molecule has 0 aliphatic carbocycles. The summed E-state index contributed by atoms with van der Waals surface area (Å²) in [6.45, 7) is 1.79. The van der Waals surface area contributed by atoms with E-state index in [0.29, 0.717) is 23.0 Å². The van der Waals surface area contributed by atoms with Crippen molar-refractivity contribution in [1.82, 2.24) is 20.6 Å². The number of fused-ring (bicyclic) bond motifs is 1. The Kier molecular flexibility index (Phi) is 4.42. The number of nitrogens with zero attached hydrogens (tertiary/aromatic N) is 1. The first-order chi connectivity index (χ1) is 12.2. The van der Waals surface area contributed by atoms with Crippen molar-refractivity contribution >= 4 is 28.3 Å². The molecule has 0 bridgehead atoms. The molecule has 0 saturated carbocycles. The minimum Gasteiger partial charge on any atom is -0.506 e. The third-order valence-corrected chi connectivity index (χ3v) is 5.35. The number of imidazole rings is 1. The highest BCUT2D eigenvalue weighted by Gasteiger charge is 2.20. The number of aromatic hydroxyl groups is 1. The van der Waals surface area contributed by atoms with Crippen LogP contribution in [0.1, 0.15) is 33.9 Å². The SMILES string of the molecule is O=C(N[C@H]1CCCNC1)c1ccc(O)c2[nH]c(Cc3cccs3)nc12. The zero-order valence-electron chi connectivity index (χ0n) is 13.7. The molecule has 2 aromatic heterocycles. The van der Waals surface area contributed by atoms with Gasteiger partial charge in [0.2, 0.25) is 0 Å². The molecule has 130 valence electrons. The molecule has 0 spiro atoms. The van der Waals surface area contributed by atoms with Crippen LogP contribution in [0.2, 0.25) is 0 Å². The van der Waals surface area contributed by atoms with E-state index in [4.69, 9.17) is 0 Å². The van der Waals surface area contributed by atoms with Gasteiger partial charge in [0.15, 0.2) is 0 Å². The molecule has 1 atom stereocenters.